The zero-order chi connectivity index (χ0) is 10.6. The molecule has 0 unspecified atom stereocenters. The molecule has 0 aliphatic heterocycles. The standard InChI is InChI=1S/C9H11BF3S/c1-8-3-2-4-9(5-8)6-14-7-10(11,12)13/h2-5H,6-7H2,1H3/q-1. The molecule has 0 saturated heterocycles. The van der Waals surface area contributed by atoms with E-state index in [1.807, 2.05) is 31.2 Å². The highest BCUT2D eigenvalue weighted by molar-refractivity contribution is 7.99. The zero-order valence-electron chi connectivity index (χ0n) is 7.84. The molecular formula is C9H11BF3S-. The molecule has 5 heteroatoms. The van der Waals surface area contributed by atoms with Gasteiger partial charge in [-0.25, -0.2) is 0 Å². The minimum absolute atomic E-state index is 0.433. The highest BCUT2D eigenvalue weighted by Gasteiger charge is 2.22. The van der Waals surface area contributed by atoms with Gasteiger partial charge in [-0.05, 0) is 18.1 Å². The van der Waals surface area contributed by atoms with Gasteiger partial charge in [-0.15, -0.1) is 0 Å². The Hall–Kier alpha value is -0.575. The van der Waals surface area contributed by atoms with Crippen LogP contribution in [0, 0.1) is 6.92 Å². The first-order valence-corrected chi connectivity index (χ1v) is 5.47. The summed E-state index contributed by atoms with van der Waals surface area (Å²) >= 11 is 0.925. The lowest BCUT2D eigenvalue weighted by molar-refractivity contribution is 0.485. The average Bonchev–Trinajstić information content (AvgIpc) is 2.01. The zero-order valence-corrected chi connectivity index (χ0v) is 8.66. The molecule has 0 N–H and O–H groups in total. The molecule has 0 aliphatic carbocycles. The van der Waals surface area contributed by atoms with Gasteiger partial charge in [0.1, 0.15) is 0 Å². The van der Waals surface area contributed by atoms with E-state index in [0.29, 0.717) is 5.75 Å². The van der Waals surface area contributed by atoms with Crippen LogP contribution in [0.3, 0.4) is 0 Å². The summed E-state index contributed by atoms with van der Waals surface area (Å²) in [4.78, 5) is 0. The molecule has 14 heavy (non-hydrogen) atoms. The van der Waals surface area contributed by atoms with Crippen LogP contribution in [-0.4, -0.2) is 12.6 Å². The van der Waals surface area contributed by atoms with Crippen LogP contribution in [0.4, 0.5) is 12.9 Å². The summed E-state index contributed by atoms with van der Waals surface area (Å²) in [7, 11) is 0. The fraction of sp³-hybridized carbons (Fsp3) is 0.333. The minimum atomic E-state index is -4.65. The van der Waals surface area contributed by atoms with Crippen LogP contribution in [0.2, 0.25) is 0 Å². The Morgan fingerprint density at radius 2 is 2.00 bits per heavy atom. The van der Waals surface area contributed by atoms with E-state index >= 15 is 0 Å². The smallest absolute Gasteiger partial charge is 0.448 e. The van der Waals surface area contributed by atoms with Gasteiger partial charge in [0, 0.05) is 5.75 Å². The highest BCUT2D eigenvalue weighted by atomic mass is 32.2. The van der Waals surface area contributed by atoms with E-state index in [1.54, 1.807) is 0 Å². The summed E-state index contributed by atoms with van der Waals surface area (Å²) in [6, 6.07) is 7.56. The van der Waals surface area contributed by atoms with Crippen LogP contribution in [0.15, 0.2) is 24.3 Å². The predicted octanol–water partition coefficient (Wildman–Crippen LogP) is 3.61. The molecule has 0 aliphatic rings. The number of rotatable bonds is 4. The van der Waals surface area contributed by atoms with Gasteiger partial charge in [0.15, 0.2) is 0 Å². The molecule has 1 aromatic rings. The molecule has 1 rings (SSSR count). The van der Waals surface area contributed by atoms with Crippen molar-refractivity contribution in [3.8, 4) is 0 Å². The van der Waals surface area contributed by atoms with Crippen LogP contribution < -0.4 is 0 Å². The molecule has 0 bridgehead atoms. The van der Waals surface area contributed by atoms with Gasteiger partial charge >= 0.3 is 6.98 Å². The predicted molar refractivity (Wildman–Crippen MR) is 56.4 cm³/mol. The Labute approximate surface area is 86.0 Å². The van der Waals surface area contributed by atoms with E-state index in [1.165, 1.54) is 0 Å². The average molecular weight is 219 g/mol. The molecule has 0 nitrogen and oxygen atoms in total. The van der Waals surface area contributed by atoms with Crippen LogP contribution in [0.25, 0.3) is 0 Å². The normalized spacial score (nSPS) is 11.7. The van der Waals surface area contributed by atoms with Crippen LogP contribution >= 0.6 is 11.8 Å². The second kappa shape index (κ2) is 4.78. The van der Waals surface area contributed by atoms with Crippen LogP contribution in [-0.2, 0) is 5.75 Å². The third kappa shape index (κ3) is 4.60. The number of hydrogen-bond acceptors (Lipinski definition) is 1. The summed E-state index contributed by atoms with van der Waals surface area (Å²) in [5.41, 5.74) is 1.32. The number of benzene rings is 1. The summed E-state index contributed by atoms with van der Waals surface area (Å²) in [6.07, 6.45) is 0. The Morgan fingerprint density at radius 3 is 2.57 bits per heavy atom. The third-order valence-electron chi connectivity index (χ3n) is 1.66. The van der Waals surface area contributed by atoms with E-state index in [-0.39, 0.29) is 0 Å². The highest BCUT2D eigenvalue weighted by Crippen LogP contribution is 2.20. The van der Waals surface area contributed by atoms with Gasteiger partial charge in [-0.3, -0.25) is 0 Å². The molecule has 0 aromatic heterocycles. The maximum Gasteiger partial charge on any atom is 0.488 e. The molecule has 78 valence electrons. The molecular weight excluding hydrogens is 208 g/mol. The van der Waals surface area contributed by atoms with Crippen LogP contribution in [0.5, 0.6) is 0 Å². The van der Waals surface area contributed by atoms with Crippen molar-refractivity contribution in [2.24, 2.45) is 0 Å². The second-order valence-electron chi connectivity index (χ2n) is 3.21. The van der Waals surface area contributed by atoms with Gasteiger partial charge in [0.05, 0.1) is 0 Å². The molecule has 0 radical (unpaired) electrons. The van der Waals surface area contributed by atoms with Crippen molar-refractivity contribution in [1.82, 2.24) is 0 Å². The van der Waals surface area contributed by atoms with Gasteiger partial charge in [0.25, 0.3) is 0 Å². The van der Waals surface area contributed by atoms with Gasteiger partial charge in [0.2, 0.25) is 0 Å². The van der Waals surface area contributed by atoms with E-state index in [2.05, 4.69) is 0 Å². The Bertz CT molecular complexity index is 298. The summed E-state index contributed by atoms with van der Waals surface area (Å²) in [6.45, 7) is -2.71. The van der Waals surface area contributed by atoms with Crippen molar-refractivity contribution in [2.75, 3.05) is 5.65 Å². The first kappa shape index (κ1) is 11.5. The van der Waals surface area contributed by atoms with Crippen molar-refractivity contribution in [3.63, 3.8) is 0 Å². The van der Waals surface area contributed by atoms with E-state index in [4.69, 9.17) is 0 Å². The second-order valence-corrected chi connectivity index (χ2v) is 4.24. The van der Waals surface area contributed by atoms with Crippen molar-refractivity contribution >= 4 is 18.7 Å². The molecule has 0 amide bonds. The maximum atomic E-state index is 11.9. The molecule has 0 fully saturated rings. The molecule has 0 atom stereocenters. The Balaban J connectivity index is 2.39. The lowest BCUT2D eigenvalue weighted by Gasteiger charge is -2.12. The topological polar surface area (TPSA) is 0 Å². The third-order valence-corrected chi connectivity index (χ3v) is 2.81. The number of hydrogen-bond donors (Lipinski definition) is 0. The van der Waals surface area contributed by atoms with E-state index in [9.17, 15) is 12.9 Å². The maximum absolute atomic E-state index is 11.9. The summed E-state index contributed by atoms with van der Waals surface area (Å²) in [5, 5.41) is 0. The monoisotopic (exact) mass is 219 g/mol. The van der Waals surface area contributed by atoms with Crippen molar-refractivity contribution < 1.29 is 12.9 Å². The molecule has 0 heterocycles. The fourth-order valence-electron chi connectivity index (χ4n) is 1.11. The molecule has 0 spiro atoms. The first-order valence-electron chi connectivity index (χ1n) is 4.32. The molecule has 1 aromatic carbocycles. The summed E-state index contributed by atoms with van der Waals surface area (Å²) < 4.78 is 35.6. The number of thioether (sulfide) groups is 1. The number of aryl methyl sites for hydroxylation is 1. The quantitative estimate of drug-likeness (QED) is 0.697. The number of halogens is 3. The largest absolute Gasteiger partial charge is 0.488 e. The summed E-state index contributed by atoms with van der Waals surface area (Å²) in [5.74, 6) is 0.433. The Morgan fingerprint density at radius 1 is 1.29 bits per heavy atom. The van der Waals surface area contributed by atoms with Gasteiger partial charge in [-0.1, -0.05) is 29.8 Å². The molecule has 0 saturated carbocycles. The van der Waals surface area contributed by atoms with Crippen molar-refractivity contribution in [3.05, 3.63) is 35.4 Å². The van der Waals surface area contributed by atoms with Crippen LogP contribution in [0.1, 0.15) is 11.1 Å². The Kier molecular flexibility index (Phi) is 3.92. The van der Waals surface area contributed by atoms with Gasteiger partial charge < -0.3 is 12.9 Å². The SMILES string of the molecule is Cc1cccc(CSC[B-](F)(F)F)c1. The lowest BCUT2D eigenvalue weighted by atomic mass is 9.98. The lowest BCUT2D eigenvalue weighted by Crippen LogP contribution is -2.19. The van der Waals surface area contributed by atoms with E-state index < -0.39 is 12.6 Å². The minimum Gasteiger partial charge on any atom is -0.448 e. The van der Waals surface area contributed by atoms with Crippen molar-refractivity contribution in [2.45, 2.75) is 12.7 Å². The van der Waals surface area contributed by atoms with Crippen molar-refractivity contribution in [1.29, 1.82) is 0 Å². The van der Waals surface area contributed by atoms with Gasteiger partial charge in [-0.2, -0.15) is 11.8 Å². The first-order chi connectivity index (χ1) is 6.47. The van der Waals surface area contributed by atoms with E-state index in [0.717, 1.165) is 22.9 Å². The fourth-order valence-corrected chi connectivity index (χ4v) is 1.91.